The molecule has 9 N–H and O–H groups in total. The van der Waals surface area contributed by atoms with Crippen LogP contribution in [0.25, 0.3) is 0 Å². The van der Waals surface area contributed by atoms with Crippen molar-refractivity contribution in [2.24, 2.45) is 34.5 Å². The molecule has 4 saturated carbocycles. The van der Waals surface area contributed by atoms with E-state index >= 15 is 0 Å². The lowest BCUT2D eigenvalue weighted by atomic mass is 9.42. The highest BCUT2D eigenvalue weighted by molar-refractivity contribution is 7.86. The number of imide groups is 1. The van der Waals surface area contributed by atoms with Crippen LogP contribution in [0.2, 0.25) is 0 Å². The molecular weight excluding hydrogens is 1310 g/mol. The molecule has 0 radical (unpaired) electrons. The van der Waals surface area contributed by atoms with Crippen molar-refractivity contribution in [1.29, 1.82) is 0 Å². The van der Waals surface area contributed by atoms with E-state index in [-0.39, 0.29) is 114 Å². The first-order valence-corrected chi connectivity index (χ1v) is 37.8. The Morgan fingerprint density at radius 2 is 1.47 bits per heavy atom. The molecule has 542 valence electrons. The molecule has 2 aromatic carbocycles. The maximum absolute atomic E-state index is 13.6. The number of nitrogens with one attached hydrogen (secondary N) is 5. The fourth-order valence-electron chi connectivity index (χ4n) is 17.4. The number of hydrogen-bond donors (Lipinski definition) is 9. The number of carbonyl (C=O) groups excluding carboxylic acids is 7. The quantitative estimate of drug-likeness (QED) is 0.0126. The van der Waals surface area contributed by atoms with Crippen molar-refractivity contribution in [3.63, 3.8) is 0 Å². The molecule has 0 saturated heterocycles. The maximum Gasteiger partial charge on any atom is 0.331 e. The number of unbranched alkanes of at least 4 members (excludes halogenated alkanes) is 3. The van der Waals surface area contributed by atoms with Gasteiger partial charge in [0.15, 0.2) is 0 Å². The Bertz CT molecular complexity index is 3790. The Morgan fingerprint density at radius 3 is 2.17 bits per heavy atom. The van der Waals surface area contributed by atoms with Crippen molar-refractivity contribution >= 4 is 67.3 Å². The van der Waals surface area contributed by atoms with E-state index in [1.54, 1.807) is 12.1 Å². The molecule has 99 heavy (non-hydrogen) atoms. The minimum absolute atomic E-state index is 0.00737. The zero-order valence-corrected chi connectivity index (χ0v) is 59.9. The number of anilines is 1. The molecule has 6 amide bonds. The summed E-state index contributed by atoms with van der Waals surface area (Å²) in [5.74, 6) is -3.24. The van der Waals surface area contributed by atoms with Crippen LogP contribution in [0, 0.1) is 41.4 Å². The fraction of sp³-hybridized carbons (Fsp3) is 0.603. The second kappa shape index (κ2) is 31.1. The first kappa shape index (κ1) is 76.3. The number of allylic oxidation sites excluding steroid dienone is 5. The summed E-state index contributed by atoms with van der Waals surface area (Å²) in [5, 5.41) is 39.2. The van der Waals surface area contributed by atoms with Gasteiger partial charge in [0, 0.05) is 84.5 Å². The highest BCUT2D eigenvalue weighted by atomic mass is 32.2. The van der Waals surface area contributed by atoms with E-state index in [9.17, 15) is 69.7 Å². The zero-order valence-electron chi connectivity index (χ0n) is 58.3. The lowest BCUT2D eigenvalue weighted by Gasteiger charge is -2.65. The summed E-state index contributed by atoms with van der Waals surface area (Å²) in [6.45, 7) is 17.1. The third kappa shape index (κ3) is 16.7. The van der Waals surface area contributed by atoms with E-state index < -0.39 is 84.4 Å². The number of amides is 6. The smallest absolute Gasteiger partial charge is 0.331 e. The van der Waals surface area contributed by atoms with Crippen molar-refractivity contribution in [3.8, 4) is 0 Å². The molecule has 3 heterocycles. The van der Waals surface area contributed by atoms with Crippen LogP contribution in [0.15, 0.2) is 106 Å². The highest BCUT2D eigenvalue weighted by Gasteiger charge is 2.71. The molecule has 26 heteroatoms. The summed E-state index contributed by atoms with van der Waals surface area (Å²) in [7, 11) is -8.93. The molecule has 2 aromatic rings. The summed E-state index contributed by atoms with van der Waals surface area (Å²) in [6, 6.07) is 7.80. The normalized spacial score (nSPS) is 27.6. The summed E-state index contributed by atoms with van der Waals surface area (Å²) in [5.41, 5.74) is 1.55. The first-order chi connectivity index (χ1) is 46.6. The first-order valence-electron chi connectivity index (χ1n) is 35.0. The number of ether oxygens (including phenoxy) is 2. The second-order valence-corrected chi connectivity index (χ2v) is 32.4. The molecule has 4 unspecified atom stereocenters. The van der Waals surface area contributed by atoms with Crippen LogP contribution in [0.5, 0.6) is 0 Å². The topological polar surface area (TPSA) is 354 Å². The number of aliphatic hydroxyl groups excluding tert-OH is 1. The molecule has 24 nitrogen and oxygen atoms in total. The lowest BCUT2D eigenvalue weighted by molar-refractivity contribution is -0.245. The van der Waals surface area contributed by atoms with E-state index in [1.807, 2.05) is 78.8 Å². The van der Waals surface area contributed by atoms with Crippen molar-refractivity contribution in [2.75, 3.05) is 57.4 Å². The third-order valence-electron chi connectivity index (χ3n) is 23.0. The molecule has 9 rings (SSSR count). The number of esters is 1. The van der Waals surface area contributed by atoms with E-state index in [2.05, 4.69) is 38.4 Å². The van der Waals surface area contributed by atoms with Crippen molar-refractivity contribution in [3.05, 3.63) is 113 Å². The minimum Gasteiger partial charge on any atom is -0.458 e. The maximum atomic E-state index is 13.6. The Kier molecular flexibility index (Phi) is 24.0. The number of rotatable bonds is 31. The van der Waals surface area contributed by atoms with Crippen molar-refractivity contribution in [2.45, 2.75) is 202 Å². The van der Waals surface area contributed by atoms with Gasteiger partial charge in [0.2, 0.25) is 23.6 Å². The second-order valence-electron chi connectivity index (χ2n) is 29.6. The van der Waals surface area contributed by atoms with Crippen LogP contribution in [0.3, 0.4) is 0 Å². The van der Waals surface area contributed by atoms with E-state index in [4.69, 9.17) is 9.47 Å². The van der Waals surface area contributed by atoms with E-state index in [0.29, 0.717) is 70.0 Å². The number of carbonyl (C=O) groups is 7. The molecule has 0 aromatic heterocycles. The van der Waals surface area contributed by atoms with E-state index in [0.717, 1.165) is 77.2 Å². The van der Waals surface area contributed by atoms with Crippen LogP contribution in [-0.2, 0) is 74.1 Å². The number of aliphatic hydroxyl groups is 2. The summed E-state index contributed by atoms with van der Waals surface area (Å²) in [6.07, 6.45) is 21.3. The number of fused-ring (bicyclic) bond motifs is 6. The van der Waals surface area contributed by atoms with Gasteiger partial charge in [-0.2, -0.15) is 16.8 Å². The standard InChI is InChI=1S/C73H101N7O17S2/c1-9-74-59(69(3,4)54-40-50(98(90,91)92)24-22-46(54)2)19-12-10-13-20-60-70(5,6)56-41-51(99(93,94)95)25-27-58(56)79(60)37-17-11-14-21-62(82)75-34-16-15-18-57(78-63(83)43-80-65(85)28-29-66(80)86)68(88)77-36-35-76-64(84)45-96-49-30-32-71(7)48(39-49)23-26-53-55(71)42-61(81)72(8)52(31-33-73(53,72)89)47-38-67(87)97-44-47/h10,12-13,19-20,22,24-25,27-29,38,40-41,48-49,52-53,55,57,59,61,74,81,89H,9,11,14-18,21,23,26,30-37,39,42-45H2,1-8H3,(H,75,82)(H,76,84)(H,77,88)(H,78,83)(H,90,91,92)(H,93,94,95)/b13-10+,19-12+,60-20-/t48-,49+,52-,53?,55?,57?,59?,61-,71+,72+,73+/m1/s1. The van der Waals surface area contributed by atoms with Crippen LogP contribution in [0.1, 0.15) is 161 Å². The van der Waals surface area contributed by atoms with Gasteiger partial charge in [0.05, 0.1) is 27.6 Å². The minimum atomic E-state index is -4.50. The Balaban J connectivity index is 0.714. The average molecular weight is 1410 g/mol. The molecule has 0 spiro atoms. The number of aryl methyl sites for hydroxylation is 1. The molecule has 4 fully saturated rings. The Hall–Kier alpha value is -6.91. The number of benzene rings is 2. The van der Waals surface area contributed by atoms with Gasteiger partial charge in [-0.05, 0) is 185 Å². The lowest BCUT2D eigenvalue weighted by Crippen LogP contribution is -2.67. The molecule has 4 aliphatic carbocycles. The number of cyclic esters (lactones) is 1. The van der Waals surface area contributed by atoms with Gasteiger partial charge in [-0.1, -0.05) is 85.3 Å². The highest BCUT2D eigenvalue weighted by Crippen LogP contribution is 2.70. The third-order valence-corrected chi connectivity index (χ3v) is 24.7. The summed E-state index contributed by atoms with van der Waals surface area (Å²) >= 11 is 0. The largest absolute Gasteiger partial charge is 0.458 e. The molecule has 11 atom stereocenters. The predicted octanol–water partition coefficient (Wildman–Crippen LogP) is 6.64. The van der Waals surface area contributed by atoms with Gasteiger partial charge >= 0.3 is 5.97 Å². The zero-order chi connectivity index (χ0) is 72.0. The molecule has 3 aliphatic heterocycles. The number of nitrogens with zero attached hydrogens (tertiary/aromatic N) is 2. The van der Waals surface area contributed by atoms with Crippen LogP contribution in [0.4, 0.5) is 5.69 Å². The number of hydrogen-bond acceptors (Lipinski definition) is 17. The van der Waals surface area contributed by atoms with Crippen LogP contribution in [-0.4, -0.2) is 165 Å². The molecule has 0 bridgehead atoms. The average Bonchev–Trinajstić information content (AvgIpc) is 1.63. The monoisotopic (exact) mass is 1410 g/mol. The van der Waals surface area contributed by atoms with Gasteiger partial charge < -0.3 is 51.2 Å². The van der Waals surface area contributed by atoms with Gasteiger partial charge in [0.25, 0.3) is 32.1 Å². The van der Waals surface area contributed by atoms with Gasteiger partial charge in [-0.15, -0.1) is 0 Å². The van der Waals surface area contributed by atoms with Gasteiger partial charge in [-0.25, -0.2) is 4.79 Å². The summed E-state index contributed by atoms with van der Waals surface area (Å²) < 4.78 is 80.0. The van der Waals surface area contributed by atoms with Gasteiger partial charge in [-0.3, -0.25) is 42.8 Å². The fourth-order valence-corrected chi connectivity index (χ4v) is 18.4. The number of likely N-dealkylation sites (N-methyl/N-ethyl adjacent to an activating group) is 1. The Labute approximate surface area is 582 Å². The SMILES string of the molecule is CCNC(/C=C/C=C/C=C1\N(CCCCCC(=O)NCCCCC(NC(=O)CN2C(=O)C=CC2=O)C(=O)NCCNC(=O)CO[C@H]2CC[C@]3(C)C4C[C@@H](O)[C@]5(C)[C@@H](C6=CC(=O)OC6)CC[C@]5(O)C4CC[C@@H]3C2)c2ccc(S(=O)(=O)O)cc2C1(C)C)C(C)(C)c1cc(S(=O)(=O)O)ccc1C. The van der Waals surface area contributed by atoms with Crippen molar-refractivity contribution < 1.29 is 79.2 Å². The van der Waals surface area contributed by atoms with Crippen molar-refractivity contribution in [1.82, 2.24) is 31.5 Å². The summed E-state index contributed by atoms with van der Waals surface area (Å²) in [4.78, 5) is 92.0. The molecular formula is C73H101N7O17S2. The Morgan fingerprint density at radius 1 is 0.778 bits per heavy atom. The predicted molar refractivity (Wildman–Crippen MR) is 370 cm³/mol. The van der Waals surface area contributed by atoms with Gasteiger partial charge in [0.1, 0.15) is 25.8 Å². The van der Waals surface area contributed by atoms with E-state index in [1.165, 1.54) is 30.3 Å². The molecule has 7 aliphatic rings. The van der Waals surface area contributed by atoms with Crippen LogP contribution < -0.4 is 31.5 Å². The van der Waals surface area contributed by atoms with Crippen LogP contribution >= 0.6 is 0 Å².